The van der Waals surface area contributed by atoms with Crippen LogP contribution in [0.4, 0.5) is 5.69 Å². The Kier molecular flexibility index (Phi) is 3.11. The molecule has 2 aromatic carbocycles. The molecule has 1 heterocycles. The van der Waals surface area contributed by atoms with Crippen molar-refractivity contribution in [2.45, 2.75) is 13.3 Å². The molecule has 3 rings (SSSR count). The summed E-state index contributed by atoms with van der Waals surface area (Å²) in [7, 11) is -4.14. The average molecular weight is 289 g/mol. The van der Waals surface area contributed by atoms with Crippen molar-refractivity contribution < 1.29 is 17.5 Å². The van der Waals surface area contributed by atoms with Gasteiger partial charge in [-0.15, -0.1) is 0 Å². The first kappa shape index (κ1) is 13.3. The highest BCUT2D eigenvalue weighted by molar-refractivity contribution is 7.85. The quantitative estimate of drug-likeness (QED) is 0.640. The second-order valence-corrected chi connectivity index (χ2v) is 6.56. The summed E-state index contributed by atoms with van der Waals surface area (Å²) in [6.45, 7) is 2.57. The lowest BCUT2D eigenvalue weighted by Crippen LogP contribution is -2.16. The van der Waals surface area contributed by atoms with Gasteiger partial charge >= 0.3 is 0 Å². The van der Waals surface area contributed by atoms with Gasteiger partial charge in [0.1, 0.15) is 6.54 Å². The summed E-state index contributed by atoms with van der Waals surface area (Å²) in [5, 5.41) is 2.38. The fourth-order valence-electron chi connectivity index (χ4n) is 2.86. The lowest BCUT2D eigenvalue weighted by Gasteiger charge is -2.06. The molecule has 0 atom stereocenters. The van der Waals surface area contributed by atoms with E-state index in [0.29, 0.717) is 13.0 Å². The van der Waals surface area contributed by atoms with Crippen LogP contribution in [0.5, 0.6) is 0 Å². The van der Waals surface area contributed by atoms with Crippen LogP contribution in [0.25, 0.3) is 10.8 Å². The summed E-state index contributed by atoms with van der Waals surface area (Å²) in [4.78, 5) is 0. The highest BCUT2D eigenvalue weighted by Crippen LogP contribution is 2.34. The van der Waals surface area contributed by atoms with Crippen LogP contribution in [0.1, 0.15) is 18.9 Å². The lowest BCUT2D eigenvalue weighted by molar-refractivity contribution is -0.436. The minimum atomic E-state index is -4.14. The van der Waals surface area contributed by atoms with Gasteiger partial charge < -0.3 is 4.55 Å². The van der Waals surface area contributed by atoms with Gasteiger partial charge in [-0.25, -0.2) is 8.42 Å². The van der Waals surface area contributed by atoms with Gasteiger partial charge in [0.2, 0.25) is 5.69 Å². The molecule has 0 N–H and O–H groups in total. The number of hydrogen-bond donors (Lipinski definition) is 0. The monoisotopic (exact) mass is 289 g/mol. The Balaban J connectivity index is 1.98. The Bertz CT molecular complexity index is 817. The maximum absolute atomic E-state index is 10.7. The van der Waals surface area contributed by atoms with Gasteiger partial charge in [0.05, 0.1) is 21.1 Å². The van der Waals surface area contributed by atoms with Crippen LogP contribution in [0, 0.1) is 0 Å². The van der Waals surface area contributed by atoms with Gasteiger partial charge in [-0.1, -0.05) is 24.3 Å². The van der Waals surface area contributed by atoms with E-state index >= 15 is 0 Å². The van der Waals surface area contributed by atoms with Crippen molar-refractivity contribution in [2.75, 3.05) is 12.3 Å². The van der Waals surface area contributed by atoms with Crippen molar-refractivity contribution in [2.24, 2.45) is 0 Å². The van der Waals surface area contributed by atoms with Gasteiger partial charge in [-0.05, 0) is 11.5 Å². The SMILES string of the molecule is CC1=[N+](CCCS(=O)(=O)[O-])c2cccc3cccc1c23. The molecule has 0 fully saturated rings. The Labute approximate surface area is 118 Å². The second-order valence-electron chi connectivity index (χ2n) is 5.03. The van der Waals surface area contributed by atoms with E-state index in [0.717, 1.165) is 11.4 Å². The molecule has 104 valence electrons. The predicted molar refractivity (Wildman–Crippen MR) is 77.7 cm³/mol. The smallest absolute Gasteiger partial charge is 0.214 e. The van der Waals surface area contributed by atoms with E-state index in [1.165, 1.54) is 16.3 Å². The average Bonchev–Trinajstić information content (AvgIpc) is 2.66. The largest absolute Gasteiger partial charge is 0.748 e. The number of benzene rings is 2. The van der Waals surface area contributed by atoms with E-state index in [1.54, 1.807) is 0 Å². The Morgan fingerprint density at radius 3 is 2.55 bits per heavy atom. The lowest BCUT2D eigenvalue weighted by atomic mass is 10.0. The van der Waals surface area contributed by atoms with Gasteiger partial charge in [0, 0.05) is 25.2 Å². The number of rotatable bonds is 4. The Morgan fingerprint density at radius 1 is 1.15 bits per heavy atom. The third-order valence-corrected chi connectivity index (χ3v) is 4.53. The third-order valence-electron chi connectivity index (χ3n) is 3.74. The molecule has 2 aromatic rings. The molecule has 5 heteroatoms. The van der Waals surface area contributed by atoms with Crippen molar-refractivity contribution in [3.63, 3.8) is 0 Å². The minimum Gasteiger partial charge on any atom is -0.748 e. The fraction of sp³-hybridized carbons (Fsp3) is 0.267. The van der Waals surface area contributed by atoms with Gasteiger partial charge in [-0.2, -0.15) is 4.58 Å². The standard InChI is InChI=1S/C15H15NO3S/c1-11-13-7-2-5-12-6-3-8-14(15(12)13)16(11)9-4-10-20(17,18)19/h2-3,5-8H,4,9-10H2,1H3. The Morgan fingerprint density at radius 2 is 1.85 bits per heavy atom. The van der Waals surface area contributed by atoms with Crippen LogP contribution in [0.15, 0.2) is 36.4 Å². The maximum Gasteiger partial charge on any atom is 0.214 e. The van der Waals surface area contributed by atoms with Crippen LogP contribution in [0.3, 0.4) is 0 Å². The summed E-state index contributed by atoms with van der Waals surface area (Å²) in [5.41, 5.74) is 3.39. The molecule has 1 aliphatic rings. The molecule has 0 amide bonds. The highest BCUT2D eigenvalue weighted by Gasteiger charge is 2.28. The topological polar surface area (TPSA) is 60.2 Å². The first-order chi connectivity index (χ1) is 9.47. The summed E-state index contributed by atoms with van der Waals surface area (Å²) >= 11 is 0. The molecule has 0 spiro atoms. The van der Waals surface area contributed by atoms with E-state index in [2.05, 4.69) is 22.8 Å². The number of nitrogens with zero attached hydrogens (tertiary/aromatic N) is 1. The van der Waals surface area contributed by atoms with Gasteiger partial charge in [0.15, 0.2) is 5.71 Å². The van der Waals surface area contributed by atoms with E-state index in [9.17, 15) is 13.0 Å². The molecular weight excluding hydrogens is 274 g/mol. The van der Waals surface area contributed by atoms with Crippen LogP contribution in [0.2, 0.25) is 0 Å². The van der Waals surface area contributed by atoms with Crippen LogP contribution < -0.4 is 0 Å². The molecule has 0 aromatic heterocycles. The Hall–Kier alpha value is -1.72. The van der Waals surface area contributed by atoms with Gasteiger partial charge in [-0.3, -0.25) is 0 Å². The summed E-state index contributed by atoms with van der Waals surface area (Å²) in [6, 6.07) is 12.3. The van der Waals surface area contributed by atoms with Gasteiger partial charge in [0.25, 0.3) is 0 Å². The van der Waals surface area contributed by atoms with Crippen molar-refractivity contribution in [1.29, 1.82) is 0 Å². The summed E-state index contributed by atoms with van der Waals surface area (Å²) in [6.07, 6.45) is 0.341. The van der Waals surface area contributed by atoms with Crippen LogP contribution in [-0.4, -0.2) is 35.6 Å². The molecule has 1 aliphatic heterocycles. The molecule has 4 nitrogen and oxygen atoms in total. The normalized spacial score (nSPS) is 14.3. The molecule has 20 heavy (non-hydrogen) atoms. The van der Waals surface area contributed by atoms with Crippen molar-refractivity contribution >= 4 is 32.3 Å². The molecule has 0 radical (unpaired) electrons. The van der Waals surface area contributed by atoms with E-state index in [1.807, 2.05) is 25.1 Å². The summed E-state index contributed by atoms with van der Waals surface area (Å²) in [5.74, 6) is -0.316. The highest BCUT2D eigenvalue weighted by atomic mass is 32.2. The first-order valence-corrected chi connectivity index (χ1v) is 8.12. The van der Waals surface area contributed by atoms with E-state index in [-0.39, 0.29) is 5.75 Å². The zero-order valence-electron chi connectivity index (χ0n) is 11.2. The minimum absolute atomic E-state index is 0.316. The van der Waals surface area contributed by atoms with E-state index in [4.69, 9.17) is 0 Å². The zero-order chi connectivity index (χ0) is 14.3. The third kappa shape index (κ3) is 2.23. The van der Waals surface area contributed by atoms with E-state index < -0.39 is 10.1 Å². The molecule has 0 aliphatic carbocycles. The molecule has 0 unspecified atom stereocenters. The second kappa shape index (κ2) is 4.68. The first-order valence-electron chi connectivity index (χ1n) is 6.54. The molecule has 0 bridgehead atoms. The van der Waals surface area contributed by atoms with Crippen molar-refractivity contribution in [1.82, 2.24) is 0 Å². The predicted octanol–water partition coefficient (Wildman–Crippen LogP) is 2.24. The van der Waals surface area contributed by atoms with Crippen LogP contribution in [-0.2, 0) is 10.1 Å². The number of hydrogen-bond acceptors (Lipinski definition) is 3. The van der Waals surface area contributed by atoms with Crippen LogP contribution >= 0.6 is 0 Å². The summed E-state index contributed by atoms with van der Waals surface area (Å²) < 4.78 is 34.2. The zero-order valence-corrected chi connectivity index (χ0v) is 12.0. The molecule has 0 saturated heterocycles. The molecular formula is C15H15NO3S. The molecule has 0 saturated carbocycles. The van der Waals surface area contributed by atoms with Crippen molar-refractivity contribution in [3.05, 3.63) is 42.0 Å². The maximum atomic E-state index is 10.7. The fourth-order valence-corrected chi connectivity index (χ4v) is 3.34. The van der Waals surface area contributed by atoms with Crippen molar-refractivity contribution in [3.8, 4) is 0 Å².